The van der Waals surface area contributed by atoms with E-state index in [1.54, 1.807) is 13.1 Å². The SMILES string of the molecule is CC(C(=O)NCCc1ccccn1)/C(N)=N/O. The first-order valence-corrected chi connectivity index (χ1v) is 5.30. The van der Waals surface area contributed by atoms with Crippen molar-refractivity contribution in [1.82, 2.24) is 10.3 Å². The van der Waals surface area contributed by atoms with Gasteiger partial charge in [-0.3, -0.25) is 9.78 Å². The van der Waals surface area contributed by atoms with Crippen molar-refractivity contribution >= 4 is 11.7 Å². The van der Waals surface area contributed by atoms with E-state index in [4.69, 9.17) is 10.9 Å². The van der Waals surface area contributed by atoms with Crippen LogP contribution in [-0.2, 0) is 11.2 Å². The molecular formula is C11H16N4O2. The number of aromatic nitrogens is 1. The largest absolute Gasteiger partial charge is 0.409 e. The first-order chi connectivity index (χ1) is 8.15. The summed E-state index contributed by atoms with van der Waals surface area (Å²) in [4.78, 5) is 15.7. The van der Waals surface area contributed by atoms with Crippen LogP contribution in [0.5, 0.6) is 0 Å². The molecule has 0 aromatic carbocycles. The number of pyridine rings is 1. The molecule has 0 saturated heterocycles. The predicted molar refractivity (Wildman–Crippen MR) is 63.5 cm³/mol. The van der Waals surface area contributed by atoms with E-state index >= 15 is 0 Å². The van der Waals surface area contributed by atoms with Crippen LogP contribution in [0.15, 0.2) is 29.6 Å². The highest BCUT2D eigenvalue weighted by atomic mass is 16.4. The van der Waals surface area contributed by atoms with Crippen molar-refractivity contribution in [2.75, 3.05) is 6.54 Å². The summed E-state index contributed by atoms with van der Waals surface area (Å²) in [5, 5.41) is 13.9. The fourth-order valence-corrected chi connectivity index (χ4v) is 1.23. The topological polar surface area (TPSA) is 101 Å². The highest BCUT2D eigenvalue weighted by molar-refractivity contribution is 6.01. The number of carbonyl (C=O) groups excluding carboxylic acids is 1. The summed E-state index contributed by atoms with van der Waals surface area (Å²) < 4.78 is 0. The molecule has 0 spiro atoms. The lowest BCUT2D eigenvalue weighted by Crippen LogP contribution is -2.38. The number of hydrogen-bond acceptors (Lipinski definition) is 4. The molecule has 0 aliphatic heterocycles. The first-order valence-electron chi connectivity index (χ1n) is 5.30. The zero-order valence-electron chi connectivity index (χ0n) is 9.63. The minimum absolute atomic E-state index is 0.0969. The Labute approximate surface area is 99.5 Å². The second-order valence-electron chi connectivity index (χ2n) is 3.61. The number of nitrogens with two attached hydrogens (primary N) is 1. The Kier molecular flexibility index (Phi) is 4.93. The summed E-state index contributed by atoms with van der Waals surface area (Å²) in [6.45, 7) is 2.05. The average molecular weight is 236 g/mol. The summed E-state index contributed by atoms with van der Waals surface area (Å²) in [6.07, 6.45) is 2.35. The average Bonchev–Trinajstić information content (AvgIpc) is 2.38. The molecule has 0 bridgehead atoms. The van der Waals surface area contributed by atoms with Gasteiger partial charge in [0.25, 0.3) is 0 Å². The van der Waals surface area contributed by atoms with Crippen LogP contribution in [0.4, 0.5) is 0 Å². The summed E-state index contributed by atoms with van der Waals surface area (Å²) in [6, 6.07) is 5.62. The summed E-state index contributed by atoms with van der Waals surface area (Å²) in [5.41, 5.74) is 6.23. The number of oxime groups is 1. The van der Waals surface area contributed by atoms with Gasteiger partial charge in [-0.25, -0.2) is 0 Å². The van der Waals surface area contributed by atoms with E-state index in [0.29, 0.717) is 13.0 Å². The van der Waals surface area contributed by atoms with E-state index in [2.05, 4.69) is 15.5 Å². The molecule has 6 heteroatoms. The van der Waals surface area contributed by atoms with Crippen LogP contribution in [-0.4, -0.2) is 28.5 Å². The zero-order valence-corrected chi connectivity index (χ0v) is 9.63. The van der Waals surface area contributed by atoms with E-state index in [0.717, 1.165) is 5.69 Å². The van der Waals surface area contributed by atoms with Gasteiger partial charge in [-0.2, -0.15) is 0 Å². The van der Waals surface area contributed by atoms with E-state index in [9.17, 15) is 4.79 Å². The Bertz CT molecular complexity index is 392. The third-order valence-corrected chi connectivity index (χ3v) is 2.36. The molecule has 1 aromatic heterocycles. The third kappa shape index (κ3) is 4.10. The molecule has 0 saturated carbocycles. The molecule has 1 amide bonds. The van der Waals surface area contributed by atoms with Crippen LogP contribution < -0.4 is 11.1 Å². The lowest BCUT2D eigenvalue weighted by molar-refractivity contribution is -0.122. The standard InChI is InChI=1S/C11H16N4O2/c1-8(10(12)15-17)11(16)14-7-5-9-4-2-3-6-13-9/h2-4,6,8,17H,5,7H2,1H3,(H2,12,15)(H,14,16). The second-order valence-corrected chi connectivity index (χ2v) is 3.61. The molecule has 1 rings (SSSR count). The maximum atomic E-state index is 11.5. The van der Waals surface area contributed by atoms with Gasteiger partial charge < -0.3 is 16.3 Å². The highest BCUT2D eigenvalue weighted by Gasteiger charge is 2.16. The Balaban J connectivity index is 2.34. The third-order valence-electron chi connectivity index (χ3n) is 2.36. The molecule has 6 nitrogen and oxygen atoms in total. The smallest absolute Gasteiger partial charge is 0.230 e. The zero-order chi connectivity index (χ0) is 12.7. The van der Waals surface area contributed by atoms with Crippen molar-refractivity contribution in [3.8, 4) is 0 Å². The highest BCUT2D eigenvalue weighted by Crippen LogP contribution is 1.96. The van der Waals surface area contributed by atoms with Crippen LogP contribution in [0.2, 0.25) is 0 Å². The van der Waals surface area contributed by atoms with Crippen molar-refractivity contribution in [1.29, 1.82) is 0 Å². The number of amides is 1. The summed E-state index contributed by atoms with van der Waals surface area (Å²) >= 11 is 0. The molecule has 17 heavy (non-hydrogen) atoms. The number of carbonyl (C=O) groups is 1. The fraction of sp³-hybridized carbons (Fsp3) is 0.364. The Hall–Kier alpha value is -2.11. The fourth-order valence-electron chi connectivity index (χ4n) is 1.23. The van der Waals surface area contributed by atoms with Crippen LogP contribution in [0.25, 0.3) is 0 Å². The molecule has 1 heterocycles. The molecule has 0 aliphatic rings. The van der Waals surface area contributed by atoms with Crippen LogP contribution in [0, 0.1) is 5.92 Å². The van der Waals surface area contributed by atoms with Crippen molar-refractivity contribution in [2.45, 2.75) is 13.3 Å². The molecule has 1 unspecified atom stereocenters. The molecule has 1 atom stereocenters. The minimum Gasteiger partial charge on any atom is -0.409 e. The maximum Gasteiger partial charge on any atom is 0.230 e. The lowest BCUT2D eigenvalue weighted by Gasteiger charge is -2.10. The predicted octanol–water partition coefficient (Wildman–Crippen LogP) is 0.123. The van der Waals surface area contributed by atoms with Gasteiger partial charge in [-0.05, 0) is 19.1 Å². The molecule has 0 fully saturated rings. The van der Waals surface area contributed by atoms with Crippen LogP contribution in [0.3, 0.4) is 0 Å². The van der Waals surface area contributed by atoms with E-state index in [-0.39, 0.29) is 11.7 Å². The molecular weight excluding hydrogens is 220 g/mol. The first kappa shape index (κ1) is 13.0. The molecule has 1 aromatic rings. The molecule has 4 N–H and O–H groups in total. The Morgan fingerprint density at radius 2 is 2.41 bits per heavy atom. The van der Waals surface area contributed by atoms with Crippen LogP contribution in [0.1, 0.15) is 12.6 Å². The number of hydrogen-bond donors (Lipinski definition) is 3. The molecule has 92 valence electrons. The number of nitrogens with one attached hydrogen (secondary N) is 1. The summed E-state index contributed by atoms with van der Waals surface area (Å²) in [5.74, 6) is -1.000. The number of nitrogens with zero attached hydrogens (tertiary/aromatic N) is 2. The van der Waals surface area contributed by atoms with Gasteiger partial charge in [0.15, 0.2) is 5.84 Å². The van der Waals surface area contributed by atoms with Gasteiger partial charge in [-0.15, -0.1) is 0 Å². The van der Waals surface area contributed by atoms with Gasteiger partial charge in [0, 0.05) is 24.9 Å². The van der Waals surface area contributed by atoms with Crippen molar-refractivity contribution in [2.24, 2.45) is 16.8 Å². The number of rotatable bonds is 5. The van der Waals surface area contributed by atoms with E-state index in [1.165, 1.54) is 0 Å². The van der Waals surface area contributed by atoms with Gasteiger partial charge in [0.2, 0.25) is 5.91 Å². The lowest BCUT2D eigenvalue weighted by atomic mass is 10.1. The van der Waals surface area contributed by atoms with Crippen LogP contribution >= 0.6 is 0 Å². The minimum atomic E-state index is -0.635. The van der Waals surface area contributed by atoms with E-state index < -0.39 is 5.92 Å². The van der Waals surface area contributed by atoms with Crippen molar-refractivity contribution in [3.63, 3.8) is 0 Å². The number of amidine groups is 1. The molecule has 0 aliphatic carbocycles. The van der Waals surface area contributed by atoms with E-state index in [1.807, 2.05) is 18.2 Å². The monoisotopic (exact) mass is 236 g/mol. The Morgan fingerprint density at radius 3 is 3.00 bits per heavy atom. The van der Waals surface area contributed by atoms with Gasteiger partial charge >= 0.3 is 0 Å². The van der Waals surface area contributed by atoms with Crippen molar-refractivity contribution in [3.05, 3.63) is 30.1 Å². The molecule has 0 radical (unpaired) electrons. The van der Waals surface area contributed by atoms with Gasteiger partial charge in [0.05, 0.1) is 5.92 Å². The van der Waals surface area contributed by atoms with Crippen molar-refractivity contribution < 1.29 is 10.0 Å². The summed E-state index contributed by atoms with van der Waals surface area (Å²) in [7, 11) is 0. The maximum absolute atomic E-state index is 11.5. The second kappa shape index (κ2) is 6.47. The normalized spacial score (nSPS) is 13.1. The van der Waals surface area contributed by atoms with Gasteiger partial charge in [0.1, 0.15) is 0 Å². The van der Waals surface area contributed by atoms with Gasteiger partial charge in [-0.1, -0.05) is 11.2 Å². The quantitative estimate of drug-likeness (QED) is 0.292. The Morgan fingerprint density at radius 1 is 1.65 bits per heavy atom.